The lowest BCUT2D eigenvalue weighted by Crippen LogP contribution is -2.33. The number of amides is 1. The number of sulfonamides is 1. The summed E-state index contributed by atoms with van der Waals surface area (Å²) in [5.41, 5.74) is 0.200. The Morgan fingerprint density at radius 1 is 1.24 bits per heavy atom. The minimum absolute atomic E-state index is 0.0361. The third-order valence-corrected chi connectivity index (χ3v) is 6.60. The van der Waals surface area contributed by atoms with Crippen molar-refractivity contribution in [3.8, 4) is 0 Å². The van der Waals surface area contributed by atoms with Gasteiger partial charge in [0.25, 0.3) is 10.0 Å². The average Bonchev–Trinajstić information content (AvgIpc) is 2.80. The van der Waals surface area contributed by atoms with Crippen molar-refractivity contribution in [2.45, 2.75) is 44.0 Å². The number of nitrogens with zero attached hydrogens (tertiary/aromatic N) is 3. The number of aromatic nitrogens is 1. The highest BCUT2D eigenvalue weighted by Crippen LogP contribution is 2.34. The first kappa shape index (κ1) is 26.1. The molecule has 1 aromatic heterocycles. The minimum atomic E-state index is -4.10. The molecule has 0 bridgehead atoms. The van der Waals surface area contributed by atoms with Crippen LogP contribution in [0.25, 0.3) is 0 Å². The summed E-state index contributed by atoms with van der Waals surface area (Å²) in [6.07, 6.45) is 3.58. The van der Waals surface area contributed by atoms with Crippen LogP contribution in [0.1, 0.15) is 48.9 Å². The van der Waals surface area contributed by atoms with E-state index < -0.39 is 32.9 Å². The molecule has 0 radical (unpaired) electrons. The summed E-state index contributed by atoms with van der Waals surface area (Å²) >= 11 is 5.17. The number of carbonyl (C=O) groups excluding carboxylic acids is 1. The van der Waals surface area contributed by atoms with Gasteiger partial charge in [0, 0.05) is 25.2 Å². The van der Waals surface area contributed by atoms with Crippen LogP contribution in [-0.2, 0) is 26.7 Å². The fraction of sp³-hybridized carbons (Fsp3) is 0.455. The van der Waals surface area contributed by atoms with Crippen molar-refractivity contribution < 1.29 is 26.5 Å². The van der Waals surface area contributed by atoms with Crippen molar-refractivity contribution in [2.75, 3.05) is 28.8 Å². The molecule has 7 nitrogen and oxygen atoms in total. The van der Waals surface area contributed by atoms with E-state index in [0.29, 0.717) is 30.0 Å². The van der Waals surface area contributed by atoms with Crippen molar-refractivity contribution in [1.29, 1.82) is 0 Å². The maximum absolute atomic E-state index is 14.1. The van der Waals surface area contributed by atoms with E-state index in [9.17, 15) is 26.5 Å². The number of anilines is 2. The molecule has 2 heterocycles. The highest BCUT2D eigenvalue weighted by molar-refractivity contribution is 7.91. The number of benzene rings is 1. The Labute approximate surface area is 201 Å². The molecular formula is C22H26ClF3N4O3S. The van der Waals surface area contributed by atoms with Crippen LogP contribution < -0.4 is 14.7 Å². The van der Waals surface area contributed by atoms with Crippen LogP contribution in [0.5, 0.6) is 0 Å². The van der Waals surface area contributed by atoms with E-state index in [1.807, 2.05) is 4.90 Å². The number of pyridine rings is 1. The zero-order valence-electron chi connectivity index (χ0n) is 18.8. The number of carbonyl (C=O) groups is 1. The molecule has 2 aromatic rings. The Hall–Kier alpha value is -2.53. The molecule has 0 spiro atoms. The van der Waals surface area contributed by atoms with E-state index in [-0.39, 0.29) is 16.8 Å². The summed E-state index contributed by atoms with van der Waals surface area (Å²) in [6.45, 7) is 2.95. The molecule has 1 fully saturated rings. The van der Waals surface area contributed by atoms with Gasteiger partial charge in [0.1, 0.15) is 11.5 Å². The largest absolute Gasteiger partial charge is 0.364 e. The van der Waals surface area contributed by atoms with Crippen LogP contribution >= 0.6 is 11.6 Å². The number of hydrogen-bond donors (Lipinski definition) is 1. The quantitative estimate of drug-likeness (QED) is 0.413. The van der Waals surface area contributed by atoms with E-state index in [1.165, 1.54) is 24.3 Å². The lowest BCUT2D eigenvalue weighted by molar-refractivity contribution is -0.122. The van der Waals surface area contributed by atoms with Gasteiger partial charge in [-0.2, -0.15) is 8.78 Å². The van der Waals surface area contributed by atoms with Crippen molar-refractivity contribution in [1.82, 2.24) is 10.3 Å². The Morgan fingerprint density at radius 2 is 1.91 bits per heavy atom. The second kappa shape index (κ2) is 10.4. The van der Waals surface area contributed by atoms with E-state index in [1.54, 1.807) is 13.0 Å². The summed E-state index contributed by atoms with van der Waals surface area (Å²) in [7, 11) is -4.10. The Balaban J connectivity index is 1.77. The van der Waals surface area contributed by atoms with Crippen molar-refractivity contribution in [3.05, 3.63) is 53.2 Å². The summed E-state index contributed by atoms with van der Waals surface area (Å²) in [5, 5.41) is -0.847. The van der Waals surface area contributed by atoms with Crippen molar-refractivity contribution in [3.63, 3.8) is 0 Å². The zero-order valence-corrected chi connectivity index (χ0v) is 20.3. The number of nitrogens with one attached hydrogen (secondary N) is 1. The van der Waals surface area contributed by atoms with Gasteiger partial charge in [-0.3, -0.25) is 4.79 Å². The molecule has 1 unspecified atom stereocenters. The van der Waals surface area contributed by atoms with Crippen LogP contribution in [0.4, 0.5) is 24.8 Å². The van der Waals surface area contributed by atoms with Crippen molar-refractivity contribution in [2.24, 2.45) is 0 Å². The highest BCUT2D eigenvalue weighted by atomic mass is 35.5. The maximum atomic E-state index is 14.1. The fourth-order valence-corrected chi connectivity index (χ4v) is 4.34. The molecule has 1 N–H and O–H groups in total. The van der Waals surface area contributed by atoms with Gasteiger partial charge in [0.15, 0.2) is 0 Å². The summed E-state index contributed by atoms with van der Waals surface area (Å²) < 4.78 is 63.9. The number of rotatable bonds is 8. The molecule has 186 valence electrons. The summed E-state index contributed by atoms with van der Waals surface area (Å²) in [5.74, 6) is -0.780. The van der Waals surface area contributed by atoms with E-state index >= 15 is 0 Å². The monoisotopic (exact) mass is 518 g/mol. The molecule has 1 aliphatic heterocycles. The SMILES string of the molecule is CC(C(=O)NCc1ccc(C(F)(F)Cl)nc1N1CCCCC1)c1cccc(N(F)S(C)(=O)=O)c1. The molecule has 34 heavy (non-hydrogen) atoms. The average molecular weight is 519 g/mol. The molecule has 12 heteroatoms. The van der Waals surface area contributed by atoms with Gasteiger partial charge in [-0.25, -0.2) is 13.4 Å². The van der Waals surface area contributed by atoms with Gasteiger partial charge in [-0.15, -0.1) is 4.53 Å². The molecule has 1 aromatic carbocycles. The first-order chi connectivity index (χ1) is 15.9. The van der Waals surface area contributed by atoms with Gasteiger partial charge in [-0.05, 0) is 61.5 Å². The predicted octanol–water partition coefficient (Wildman–Crippen LogP) is 4.43. The molecule has 0 saturated carbocycles. The first-order valence-electron chi connectivity index (χ1n) is 10.7. The summed E-state index contributed by atoms with van der Waals surface area (Å²) in [6, 6.07) is 8.21. The smallest absolute Gasteiger partial charge is 0.356 e. The number of alkyl halides is 3. The normalized spacial score (nSPS) is 15.6. The standard InChI is InChI=1S/C22H26ClF3N4O3S/c1-15(16-7-6-8-18(13-16)30(26)34(2,32)33)21(31)27-14-17-9-10-19(22(23,24)25)28-20(17)29-11-4-3-5-12-29/h6-10,13,15H,3-5,11-12,14H2,1-2H3,(H,27,31). The molecule has 1 amide bonds. The van der Waals surface area contributed by atoms with Crippen molar-refractivity contribution >= 4 is 39.0 Å². The second-order valence-electron chi connectivity index (χ2n) is 8.24. The molecule has 1 saturated heterocycles. The lowest BCUT2D eigenvalue weighted by Gasteiger charge is -2.30. The minimum Gasteiger partial charge on any atom is -0.356 e. The molecule has 3 rings (SSSR count). The number of piperidine rings is 1. The Kier molecular flexibility index (Phi) is 7.97. The van der Waals surface area contributed by atoms with Gasteiger partial charge in [0.2, 0.25) is 5.91 Å². The third kappa shape index (κ3) is 6.32. The van der Waals surface area contributed by atoms with Crippen LogP contribution in [0, 0.1) is 0 Å². The molecule has 1 aliphatic rings. The topological polar surface area (TPSA) is 82.6 Å². The molecule has 0 aliphatic carbocycles. The second-order valence-corrected chi connectivity index (χ2v) is 10.5. The predicted molar refractivity (Wildman–Crippen MR) is 125 cm³/mol. The number of halogens is 4. The lowest BCUT2D eigenvalue weighted by atomic mass is 9.99. The van der Waals surface area contributed by atoms with Gasteiger partial charge in [-0.1, -0.05) is 22.7 Å². The van der Waals surface area contributed by atoms with Gasteiger partial charge >= 0.3 is 5.38 Å². The molecular weight excluding hydrogens is 493 g/mol. The van der Waals surface area contributed by atoms with Crippen LogP contribution in [0.15, 0.2) is 36.4 Å². The van der Waals surface area contributed by atoms with E-state index in [4.69, 9.17) is 11.6 Å². The van der Waals surface area contributed by atoms with Gasteiger partial charge < -0.3 is 10.2 Å². The third-order valence-electron chi connectivity index (χ3n) is 5.61. The molecule has 1 atom stereocenters. The van der Waals surface area contributed by atoms with Gasteiger partial charge in [0.05, 0.1) is 17.9 Å². The number of hydrogen-bond acceptors (Lipinski definition) is 5. The zero-order chi connectivity index (χ0) is 25.1. The van der Waals surface area contributed by atoms with E-state index in [2.05, 4.69) is 10.3 Å². The Bertz CT molecular complexity index is 1140. The van der Waals surface area contributed by atoms with Crippen LogP contribution in [0.3, 0.4) is 0 Å². The first-order valence-corrected chi connectivity index (χ1v) is 13.0. The fourth-order valence-electron chi connectivity index (χ4n) is 3.73. The maximum Gasteiger partial charge on any atom is 0.364 e. The van der Waals surface area contributed by atoms with E-state index in [0.717, 1.165) is 31.6 Å². The summed E-state index contributed by atoms with van der Waals surface area (Å²) in [4.78, 5) is 18.8. The Morgan fingerprint density at radius 3 is 2.53 bits per heavy atom. The van der Waals surface area contributed by atoms with Crippen LogP contribution in [-0.4, -0.2) is 38.7 Å². The highest BCUT2D eigenvalue weighted by Gasteiger charge is 2.31. The van der Waals surface area contributed by atoms with Crippen LogP contribution in [0.2, 0.25) is 0 Å².